The van der Waals surface area contributed by atoms with Crippen LogP contribution in [0.2, 0.25) is 5.02 Å². The molecule has 2 rings (SSSR count). The van der Waals surface area contributed by atoms with Crippen LogP contribution >= 0.6 is 11.6 Å². The summed E-state index contributed by atoms with van der Waals surface area (Å²) in [6, 6.07) is 5.35. The highest BCUT2D eigenvalue weighted by Crippen LogP contribution is 2.37. The highest BCUT2D eigenvalue weighted by atomic mass is 35.5. The maximum atomic E-state index is 13.9. The minimum atomic E-state index is -0.268. The molecule has 1 nitrogen and oxygen atoms in total. The van der Waals surface area contributed by atoms with Gasteiger partial charge in [0.15, 0.2) is 0 Å². The molecule has 1 aromatic rings. The Kier molecular flexibility index (Phi) is 3.82. The van der Waals surface area contributed by atoms with Gasteiger partial charge in [0.05, 0.1) is 5.02 Å². The average Bonchev–Trinajstić information content (AvgIpc) is 2.79. The van der Waals surface area contributed by atoms with Crippen LogP contribution < -0.4 is 5.32 Å². The zero-order valence-corrected chi connectivity index (χ0v) is 10.2. The molecule has 0 radical (unpaired) electrons. The molecule has 1 fully saturated rings. The maximum Gasteiger partial charge on any atom is 0.146 e. The molecule has 0 amide bonds. The van der Waals surface area contributed by atoms with Crippen LogP contribution in [0.3, 0.4) is 0 Å². The summed E-state index contributed by atoms with van der Waals surface area (Å²) >= 11 is 5.82. The number of hydrogen-bond donors (Lipinski definition) is 1. The van der Waals surface area contributed by atoms with Crippen molar-refractivity contribution in [2.45, 2.75) is 31.7 Å². The van der Waals surface area contributed by atoms with Crippen molar-refractivity contribution in [2.24, 2.45) is 5.92 Å². The van der Waals surface area contributed by atoms with Gasteiger partial charge < -0.3 is 5.32 Å². The molecular weight excluding hydrogens is 225 g/mol. The Labute approximate surface area is 101 Å². The Balaban J connectivity index is 2.28. The van der Waals surface area contributed by atoms with Crippen molar-refractivity contribution < 1.29 is 4.39 Å². The van der Waals surface area contributed by atoms with Gasteiger partial charge in [-0.3, -0.25) is 0 Å². The molecule has 88 valence electrons. The van der Waals surface area contributed by atoms with Crippen LogP contribution in [0.4, 0.5) is 4.39 Å². The zero-order valence-electron chi connectivity index (χ0n) is 9.47. The van der Waals surface area contributed by atoms with Gasteiger partial charge in [-0.2, -0.15) is 0 Å². The summed E-state index contributed by atoms with van der Waals surface area (Å²) in [4.78, 5) is 0. The molecule has 0 aromatic heterocycles. The molecule has 16 heavy (non-hydrogen) atoms. The van der Waals surface area contributed by atoms with E-state index in [9.17, 15) is 4.39 Å². The van der Waals surface area contributed by atoms with Crippen molar-refractivity contribution in [1.82, 2.24) is 5.32 Å². The van der Waals surface area contributed by atoms with Crippen molar-refractivity contribution in [3.8, 4) is 0 Å². The summed E-state index contributed by atoms with van der Waals surface area (Å²) in [5.74, 6) is 0.272. The lowest BCUT2D eigenvalue weighted by Gasteiger charge is -2.24. The van der Waals surface area contributed by atoms with Crippen LogP contribution in [0.5, 0.6) is 0 Å². The molecule has 1 saturated carbocycles. The van der Waals surface area contributed by atoms with E-state index in [0.717, 1.165) is 0 Å². The lowest BCUT2D eigenvalue weighted by Crippen LogP contribution is -2.24. The highest BCUT2D eigenvalue weighted by Gasteiger charge is 2.27. The van der Waals surface area contributed by atoms with Gasteiger partial charge in [0, 0.05) is 11.6 Å². The van der Waals surface area contributed by atoms with Crippen molar-refractivity contribution in [2.75, 3.05) is 7.05 Å². The number of halogens is 2. The normalized spacial score (nSPS) is 18.9. The summed E-state index contributed by atoms with van der Waals surface area (Å²) in [6.07, 6.45) is 4.87. The van der Waals surface area contributed by atoms with E-state index in [1.165, 1.54) is 25.7 Å². The molecule has 0 heterocycles. The Morgan fingerprint density at radius 2 is 2.06 bits per heavy atom. The molecule has 0 aliphatic heterocycles. The van der Waals surface area contributed by atoms with Gasteiger partial charge in [0.2, 0.25) is 0 Å². The highest BCUT2D eigenvalue weighted by molar-refractivity contribution is 6.30. The summed E-state index contributed by atoms with van der Waals surface area (Å²) < 4.78 is 13.9. The summed E-state index contributed by atoms with van der Waals surface area (Å²) in [6.45, 7) is 0. The van der Waals surface area contributed by atoms with Crippen LogP contribution in [-0.2, 0) is 0 Å². The number of hydrogen-bond acceptors (Lipinski definition) is 1. The SMILES string of the molecule is CNC(c1cccc(Cl)c1F)C1CCCC1. The predicted octanol–water partition coefficient (Wildman–Crippen LogP) is 3.93. The first kappa shape index (κ1) is 11.9. The molecule has 1 unspecified atom stereocenters. The first-order chi connectivity index (χ1) is 7.74. The van der Waals surface area contributed by atoms with E-state index < -0.39 is 0 Å². The summed E-state index contributed by atoms with van der Waals surface area (Å²) in [5.41, 5.74) is 0.710. The quantitative estimate of drug-likeness (QED) is 0.846. The minimum absolute atomic E-state index is 0.0983. The fourth-order valence-electron chi connectivity index (χ4n) is 2.70. The fourth-order valence-corrected chi connectivity index (χ4v) is 2.88. The Morgan fingerprint density at radius 3 is 2.69 bits per heavy atom. The van der Waals surface area contributed by atoms with Crippen LogP contribution in [0, 0.1) is 11.7 Å². The van der Waals surface area contributed by atoms with Gasteiger partial charge in [0.25, 0.3) is 0 Å². The van der Waals surface area contributed by atoms with Gasteiger partial charge in [-0.05, 0) is 31.9 Å². The third-order valence-corrected chi connectivity index (χ3v) is 3.79. The Morgan fingerprint density at radius 1 is 1.38 bits per heavy atom. The molecule has 0 saturated heterocycles. The first-order valence-electron chi connectivity index (χ1n) is 5.85. The van der Waals surface area contributed by atoms with E-state index in [0.29, 0.717) is 11.5 Å². The van der Waals surface area contributed by atoms with Crippen molar-refractivity contribution in [1.29, 1.82) is 0 Å². The number of nitrogens with one attached hydrogen (secondary N) is 1. The summed E-state index contributed by atoms with van der Waals surface area (Å²) in [5, 5.41) is 3.45. The van der Waals surface area contributed by atoms with Gasteiger partial charge in [-0.1, -0.05) is 36.6 Å². The molecule has 0 bridgehead atoms. The zero-order chi connectivity index (χ0) is 11.5. The van der Waals surface area contributed by atoms with E-state index >= 15 is 0 Å². The van der Waals surface area contributed by atoms with Gasteiger partial charge in [-0.15, -0.1) is 0 Å². The van der Waals surface area contributed by atoms with E-state index in [1.807, 2.05) is 19.2 Å². The number of benzene rings is 1. The molecule has 3 heteroatoms. The standard InChI is InChI=1S/C13H17ClFN/c1-16-13(9-5-2-3-6-9)10-7-4-8-11(14)12(10)15/h4,7-9,13,16H,2-3,5-6H2,1H3. The predicted molar refractivity (Wildman–Crippen MR) is 65.2 cm³/mol. The van der Waals surface area contributed by atoms with Crippen LogP contribution in [0.1, 0.15) is 37.3 Å². The third-order valence-electron chi connectivity index (χ3n) is 3.50. The van der Waals surface area contributed by atoms with Crippen LogP contribution in [0.15, 0.2) is 18.2 Å². The van der Waals surface area contributed by atoms with Gasteiger partial charge in [0.1, 0.15) is 5.82 Å². The van der Waals surface area contributed by atoms with E-state index in [4.69, 9.17) is 11.6 Å². The molecule has 1 aliphatic rings. The van der Waals surface area contributed by atoms with Crippen molar-refractivity contribution >= 4 is 11.6 Å². The average molecular weight is 242 g/mol. The second-order valence-corrected chi connectivity index (χ2v) is 4.86. The lowest BCUT2D eigenvalue weighted by molar-refractivity contribution is 0.378. The fraction of sp³-hybridized carbons (Fsp3) is 0.538. The molecular formula is C13H17ClFN. The number of rotatable bonds is 3. The van der Waals surface area contributed by atoms with E-state index in [-0.39, 0.29) is 16.9 Å². The smallest absolute Gasteiger partial charge is 0.146 e. The molecule has 1 aliphatic carbocycles. The second kappa shape index (κ2) is 5.15. The topological polar surface area (TPSA) is 12.0 Å². The monoisotopic (exact) mass is 241 g/mol. The van der Waals surface area contributed by atoms with Crippen molar-refractivity contribution in [3.63, 3.8) is 0 Å². The van der Waals surface area contributed by atoms with E-state index in [2.05, 4.69) is 5.32 Å². The van der Waals surface area contributed by atoms with E-state index in [1.54, 1.807) is 6.07 Å². The Hall–Kier alpha value is -0.600. The molecule has 1 N–H and O–H groups in total. The van der Waals surface area contributed by atoms with Crippen LogP contribution in [-0.4, -0.2) is 7.05 Å². The minimum Gasteiger partial charge on any atom is -0.313 e. The van der Waals surface area contributed by atoms with Crippen LogP contribution in [0.25, 0.3) is 0 Å². The maximum absolute atomic E-state index is 13.9. The van der Waals surface area contributed by atoms with Gasteiger partial charge in [-0.25, -0.2) is 4.39 Å². The Bertz CT molecular complexity index is 361. The van der Waals surface area contributed by atoms with Crippen molar-refractivity contribution in [3.05, 3.63) is 34.6 Å². The second-order valence-electron chi connectivity index (χ2n) is 4.45. The summed E-state index contributed by atoms with van der Waals surface area (Å²) in [7, 11) is 1.89. The lowest BCUT2D eigenvalue weighted by atomic mass is 9.91. The third kappa shape index (κ3) is 2.23. The molecule has 1 atom stereocenters. The van der Waals surface area contributed by atoms with Gasteiger partial charge >= 0.3 is 0 Å². The first-order valence-corrected chi connectivity index (χ1v) is 6.23. The molecule has 0 spiro atoms. The molecule has 1 aromatic carbocycles. The largest absolute Gasteiger partial charge is 0.313 e.